The molecule has 1 aromatic carbocycles. The van der Waals surface area contributed by atoms with E-state index in [1.807, 2.05) is 0 Å². The van der Waals surface area contributed by atoms with Crippen LogP contribution >= 0.6 is 11.3 Å². The van der Waals surface area contributed by atoms with E-state index in [1.165, 1.54) is 16.8 Å². The summed E-state index contributed by atoms with van der Waals surface area (Å²) in [5, 5.41) is 2.08. The van der Waals surface area contributed by atoms with Crippen LogP contribution < -0.4 is 10.6 Å². The Bertz CT molecular complexity index is 774. The number of thiazole rings is 1. The molecule has 0 amide bonds. The Hall–Kier alpha value is -1.85. The maximum absolute atomic E-state index is 5.80. The Morgan fingerprint density at radius 1 is 1.24 bits per heavy atom. The third kappa shape index (κ3) is 2.13. The second-order valence-corrected chi connectivity index (χ2v) is 6.29. The highest BCUT2D eigenvalue weighted by Crippen LogP contribution is 2.29. The number of fused-ring (bicyclic) bond motifs is 2. The van der Waals surface area contributed by atoms with Gasteiger partial charge in [-0.05, 0) is 24.1 Å². The molecule has 2 N–H and O–H groups in total. The third-order valence-corrected chi connectivity index (χ3v) is 4.91. The number of anilines is 1. The van der Waals surface area contributed by atoms with Crippen molar-refractivity contribution >= 4 is 22.1 Å². The van der Waals surface area contributed by atoms with E-state index < -0.39 is 0 Å². The maximum atomic E-state index is 5.80. The number of benzene rings is 1. The fraction of sp³-hybridized carbons (Fsp3) is 0.312. The van der Waals surface area contributed by atoms with Gasteiger partial charge in [0, 0.05) is 31.1 Å². The topological polar surface area (TPSA) is 46.6 Å². The number of aromatic nitrogens is 2. The Labute approximate surface area is 127 Å². The first-order chi connectivity index (χ1) is 10.4. The highest BCUT2D eigenvalue weighted by Gasteiger charge is 2.22. The van der Waals surface area contributed by atoms with Crippen molar-refractivity contribution in [2.75, 3.05) is 18.0 Å². The number of imidazole rings is 1. The molecule has 4 nitrogen and oxygen atoms in total. The van der Waals surface area contributed by atoms with Crippen LogP contribution in [-0.4, -0.2) is 22.5 Å². The summed E-state index contributed by atoms with van der Waals surface area (Å²) in [5.74, 6) is 1.11. The molecule has 0 atom stereocenters. The molecule has 0 unspecified atom stereocenters. The number of hydrogen-bond acceptors (Lipinski definition) is 4. The molecule has 1 aliphatic heterocycles. The van der Waals surface area contributed by atoms with E-state index in [9.17, 15) is 0 Å². The lowest BCUT2D eigenvalue weighted by Crippen LogP contribution is -2.31. The van der Waals surface area contributed by atoms with Crippen molar-refractivity contribution in [2.24, 2.45) is 5.73 Å². The zero-order valence-corrected chi connectivity index (χ0v) is 12.6. The molecule has 0 fully saturated rings. The van der Waals surface area contributed by atoms with Crippen LogP contribution in [0.2, 0.25) is 0 Å². The molecule has 0 radical (unpaired) electrons. The number of hydrogen-bond donors (Lipinski definition) is 1. The molecular formula is C16H18N4S. The maximum Gasteiger partial charge on any atom is 0.195 e. The summed E-state index contributed by atoms with van der Waals surface area (Å²) in [6.07, 6.45) is 4.05. The Morgan fingerprint density at radius 2 is 2.10 bits per heavy atom. The molecule has 0 saturated heterocycles. The van der Waals surface area contributed by atoms with Crippen LogP contribution in [0.25, 0.3) is 4.96 Å². The van der Waals surface area contributed by atoms with Crippen molar-refractivity contribution in [3.05, 3.63) is 52.7 Å². The Balaban J connectivity index is 1.74. The minimum absolute atomic E-state index is 0.654. The zero-order valence-electron chi connectivity index (χ0n) is 11.8. The average molecular weight is 298 g/mol. The molecule has 0 saturated carbocycles. The molecule has 108 valence electrons. The fourth-order valence-corrected chi connectivity index (χ4v) is 3.85. The predicted octanol–water partition coefficient (Wildman–Crippen LogP) is 2.46. The molecule has 4 rings (SSSR count). The van der Waals surface area contributed by atoms with Crippen LogP contribution in [0.1, 0.15) is 16.8 Å². The van der Waals surface area contributed by atoms with Gasteiger partial charge in [0.15, 0.2) is 10.8 Å². The van der Waals surface area contributed by atoms with E-state index in [4.69, 9.17) is 10.7 Å². The standard InChI is InChI=1S/C16H18N4S/c17-7-5-14-15(18-16-20(14)9-10-21-16)19-8-6-12-3-1-2-4-13(12)11-19/h1-4,9-10H,5-8,11,17H2. The minimum Gasteiger partial charge on any atom is -0.350 e. The number of rotatable bonds is 3. The highest BCUT2D eigenvalue weighted by molar-refractivity contribution is 7.15. The van der Waals surface area contributed by atoms with E-state index in [0.29, 0.717) is 6.54 Å². The van der Waals surface area contributed by atoms with Crippen LogP contribution in [0.15, 0.2) is 35.8 Å². The molecule has 5 heteroatoms. The Kier molecular flexibility index (Phi) is 3.16. The van der Waals surface area contributed by atoms with Gasteiger partial charge in [-0.1, -0.05) is 24.3 Å². The first-order valence-electron chi connectivity index (χ1n) is 7.33. The largest absolute Gasteiger partial charge is 0.350 e. The van der Waals surface area contributed by atoms with Gasteiger partial charge in [0.2, 0.25) is 0 Å². The smallest absolute Gasteiger partial charge is 0.195 e. The summed E-state index contributed by atoms with van der Waals surface area (Å²) in [4.78, 5) is 8.30. The van der Waals surface area contributed by atoms with Crippen LogP contribution in [-0.2, 0) is 19.4 Å². The van der Waals surface area contributed by atoms with Crippen molar-refractivity contribution < 1.29 is 0 Å². The normalized spacial score (nSPS) is 14.6. The van der Waals surface area contributed by atoms with E-state index >= 15 is 0 Å². The van der Waals surface area contributed by atoms with Gasteiger partial charge < -0.3 is 10.6 Å². The monoisotopic (exact) mass is 298 g/mol. The van der Waals surface area contributed by atoms with Crippen LogP contribution in [0.4, 0.5) is 5.82 Å². The van der Waals surface area contributed by atoms with Gasteiger partial charge in [0.1, 0.15) is 0 Å². The van der Waals surface area contributed by atoms with Crippen LogP contribution in [0, 0.1) is 0 Å². The first kappa shape index (κ1) is 12.9. The van der Waals surface area contributed by atoms with Crippen molar-refractivity contribution in [3.63, 3.8) is 0 Å². The minimum atomic E-state index is 0.654. The molecule has 0 aliphatic carbocycles. The fourth-order valence-electron chi connectivity index (χ4n) is 3.12. The van der Waals surface area contributed by atoms with E-state index in [0.717, 1.165) is 36.7 Å². The lowest BCUT2D eigenvalue weighted by atomic mass is 10.00. The summed E-state index contributed by atoms with van der Waals surface area (Å²) in [6.45, 7) is 2.62. The van der Waals surface area contributed by atoms with Gasteiger partial charge in [0.05, 0.1) is 5.69 Å². The first-order valence-corrected chi connectivity index (χ1v) is 8.21. The summed E-state index contributed by atoms with van der Waals surface area (Å²) in [6, 6.07) is 8.71. The predicted molar refractivity (Wildman–Crippen MR) is 87.0 cm³/mol. The van der Waals surface area contributed by atoms with E-state index in [2.05, 4.69) is 45.1 Å². The van der Waals surface area contributed by atoms with Gasteiger partial charge in [0.25, 0.3) is 0 Å². The van der Waals surface area contributed by atoms with Gasteiger partial charge in [-0.25, -0.2) is 4.98 Å². The molecular weight excluding hydrogens is 280 g/mol. The lowest BCUT2D eigenvalue weighted by molar-refractivity contribution is 0.716. The third-order valence-electron chi connectivity index (χ3n) is 4.15. The zero-order chi connectivity index (χ0) is 14.2. The van der Waals surface area contributed by atoms with E-state index in [-0.39, 0.29) is 0 Å². The lowest BCUT2D eigenvalue weighted by Gasteiger charge is -2.29. The molecule has 21 heavy (non-hydrogen) atoms. The summed E-state index contributed by atoms with van der Waals surface area (Å²) >= 11 is 1.68. The molecule has 3 aromatic rings. The van der Waals surface area contributed by atoms with Crippen LogP contribution in [0.5, 0.6) is 0 Å². The van der Waals surface area contributed by atoms with Crippen molar-refractivity contribution in [2.45, 2.75) is 19.4 Å². The molecule has 2 aromatic heterocycles. The van der Waals surface area contributed by atoms with Crippen LogP contribution in [0.3, 0.4) is 0 Å². The second kappa shape index (κ2) is 5.16. The number of nitrogens with two attached hydrogens (primary N) is 1. The summed E-state index contributed by atoms with van der Waals surface area (Å²) in [5.41, 5.74) is 9.93. The molecule has 0 spiro atoms. The van der Waals surface area contributed by atoms with Crippen molar-refractivity contribution in [1.29, 1.82) is 0 Å². The van der Waals surface area contributed by atoms with Crippen molar-refractivity contribution in [3.8, 4) is 0 Å². The van der Waals surface area contributed by atoms with Gasteiger partial charge in [-0.3, -0.25) is 4.40 Å². The van der Waals surface area contributed by atoms with Crippen molar-refractivity contribution in [1.82, 2.24) is 9.38 Å². The highest BCUT2D eigenvalue weighted by atomic mass is 32.1. The summed E-state index contributed by atoms with van der Waals surface area (Å²) < 4.78 is 2.19. The molecule has 3 heterocycles. The SMILES string of the molecule is NCCc1c(N2CCc3ccccc3C2)nc2sccn12. The second-order valence-electron chi connectivity index (χ2n) is 5.42. The summed E-state index contributed by atoms with van der Waals surface area (Å²) in [7, 11) is 0. The molecule has 0 bridgehead atoms. The average Bonchev–Trinajstić information content (AvgIpc) is 3.10. The van der Waals surface area contributed by atoms with Gasteiger partial charge in [-0.2, -0.15) is 0 Å². The molecule has 1 aliphatic rings. The quantitative estimate of drug-likeness (QED) is 0.808. The van der Waals surface area contributed by atoms with Gasteiger partial charge in [-0.15, -0.1) is 11.3 Å². The van der Waals surface area contributed by atoms with E-state index in [1.54, 1.807) is 11.3 Å². The van der Waals surface area contributed by atoms with Gasteiger partial charge >= 0.3 is 0 Å². The Morgan fingerprint density at radius 3 is 2.95 bits per heavy atom. The number of nitrogens with zero attached hydrogens (tertiary/aromatic N) is 3.